The number of hydrogen-bond acceptors (Lipinski definition) is 5. The summed E-state index contributed by atoms with van der Waals surface area (Å²) in [4.78, 5) is 23.3. The minimum absolute atomic E-state index is 0.115. The van der Waals surface area contributed by atoms with Gasteiger partial charge in [-0.2, -0.15) is 4.31 Å². The number of amides is 1. The summed E-state index contributed by atoms with van der Waals surface area (Å²) in [5.74, 6) is -0.432. The lowest BCUT2D eigenvalue weighted by atomic mass is 10.0. The van der Waals surface area contributed by atoms with Gasteiger partial charge in [0.05, 0.1) is 15.9 Å². The molecule has 1 unspecified atom stereocenters. The summed E-state index contributed by atoms with van der Waals surface area (Å²) in [6.45, 7) is 7.63. The molecule has 8 nitrogen and oxygen atoms in total. The molecule has 2 aromatic carbocycles. The Balaban J connectivity index is 2.20. The van der Waals surface area contributed by atoms with Crippen molar-refractivity contribution in [3.8, 4) is 0 Å². The smallest absolute Gasteiger partial charge is 0.273 e. The molecule has 0 aliphatic heterocycles. The monoisotopic (exact) mass is 419 g/mol. The van der Waals surface area contributed by atoms with E-state index in [1.807, 2.05) is 0 Å². The van der Waals surface area contributed by atoms with Crippen LogP contribution in [0.3, 0.4) is 0 Å². The van der Waals surface area contributed by atoms with Gasteiger partial charge in [-0.05, 0) is 37.6 Å². The maximum atomic E-state index is 12.6. The number of nitrogens with one attached hydrogen (secondary N) is 1. The van der Waals surface area contributed by atoms with Gasteiger partial charge in [-0.15, -0.1) is 0 Å². The third-order valence-electron chi connectivity index (χ3n) is 4.82. The van der Waals surface area contributed by atoms with Crippen LogP contribution in [0.2, 0.25) is 0 Å². The Morgan fingerprint density at radius 2 is 1.72 bits per heavy atom. The van der Waals surface area contributed by atoms with E-state index < -0.39 is 26.9 Å². The number of sulfonamides is 1. The van der Waals surface area contributed by atoms with Crippen molar-refractivity contribution in [2.45, 2.75) is 38.6 Å². The highest BCUT2D eigenvalue weighted by Crippen LogP contribution is 2.23. The summed E-state index contributed by atoms with van der Waals surface area (Å²) in [5.41, 5.74) is 1.13. The van der Waals surface area contributed by atoms with Crippen LogP contribution >= 0.6 is 0 Å². The second-order valence-electron chi connectivity index (χ2n) is 6.56. The van der Waals surface area contributed by atoms with Gasteiger partial charge in [-0.3, -0.25) is 14.9 Å². The Morgan fingerprint density at radius 3 is 2.24 bits per heavy atom. The first-order valence-corrected chi connectivity index (χ1v) is 10.7. The second kappa shape index (κ2) is 9.15. The zero-order chi connectivity index (χ0) is 21.8. The second-order valence-corrected chi connectivity index (χ2v) is 8.50. The highest BCUT2D eigenvalue weighted by atomic mass is 32.2. The summed E-state index contributed by atoms with van der Waals surface area (Å²) >= 11 is 0. The van der Waals surface area contributed by atoms with Crippen molar-refractivity contribution in [3.63, 3.8) is 0 Å². The Bertz CT molecular complexity index is 999. The van der Waals surface area contributed by atoms with Gasteiger partial charge in [0.25, 0.3) is 11.6 Å². The zero-order valence-corrected chi connectivity index (χ0v) is 17.7. The fourth-order valence-electron chi connectivity index (χ4n) is 3.07. The van der Waals surface area contributed by atoms with Gasteiger partial charge in [0.15, 0.2) is 0 Å². The predicted molar refractivity (Wildman–Crippen MR) is 110 cm³/mol. The fourth-order valence-corrected chi connectivity index (χ4v) is 4.52. The molecule has 0 heterocycles. The van der Waals surface area contributed by atoms with Crippen LogP contribution in [0.4, 0.5) is 5.69 Å². The highest BCUT2D eigenvalue weighted by Gasteiger charge is 2.22. The van der Waals surface area contributed by atoms with E-state index in [0.29, 0.717) is 18.7 Å². The number of hydrogen-bond donors (Lipinski definition) is 1. The van der Waals surface area contributed by atoms with Crippen LogP contribution in [0.25, 0.3) is 0 Å². The van der Waals surface area contributed by atoms with Gasteiger partial charge in [0, 0.05) is 30.3 Å². The first-order chi connectivity index (χ1) is 13.6. The molecule has 9 heteroatoms. The number of nitro benzene ring substituents is 1. The summed E-state index contributed by atoms with van der Waals surface area (Å²) in [5, 5.41) is 13.9. The average Bonchev–Trinajstić information content (AvgIpc) is 2.68. The van der Waals surface area contributed by atoms with E-state index in [2.05, 4.69) is 5.32 Å². The van der Waals surface area contributed by atoms with Crippen LogP contribution in [0.1, 0.15) is 48.3 Å². The van der Waals surface area contributed by atoms with Crippen molar-refractivity contribution >= 4 is 21.6 Å². The molecular formula is C20H25N3O5S. The molecule has 0 aliphatic carbocycles. The molecule has 0 saturated carbocycles. The van der Waals surface area contributed by atoms with Crippen molar-refractivity contribution in [1.29, 1.82) is 0 Å². The standard InChI is InChI=1S/C20H25N3O5S/c1-5-22(6-2)29(27,28)17-12-10-16(11-13-17)15(4)21-20(24)18-8-7-9-19(14(18)3)23(25)26/h7-13,15H,5-6H2,1-4H3,(H,21,24). The summed E-state index contributed by atoms with van der Waals surface area (Å²) in [6, 6.07) is 10.3. The molecule has 0 spiro atoms. The number of rotatable bonds is 8. The van der Waals surface area contributed by atoms with Crippen molar-refractivity contribution in [2.75, 3.05) is 13.1 Å². The lowest BCUT2D eigenvalue weighted by molar-refractivity contribution is -0.385. The summed E-state index contributed by atoms with van der Waals surface area (Å²) in [7, 11) is -3.55. The number of carbonyl (C=O) groups is 1. The zero-order valence-electron chi connectivity index (χ0n) is 16.9. The predicted octanol–water partition coefficient (Wildman–Crippen LogP) is 3.42. The number of carbonyl (C=O) groups excluding carboxylic acids is 1. The van der Waals surface area contributed by atoms with E-state index in [1.54, 1.807) is 32.9 Å². The van der Waals surface area contributed by atoms with Gasteiger partial charge in [0.2, 0.25) is 10.0 Å². The van der Waals surface area contributed by atoms with Gasteiger partial charge in [-0.25, -0.2) is 8.42 Å². The van der Waals surface area contributed by atoms with Crippen molar-refractivity contribution in [2.24, 2.45) is 0 Å². The Labute approximate surface area is 170 Å². The minimum atomic E-state index is -3.55. The average molecular weight is 420 g/mol. The maximum absolute atomic E-state index is 12.6. The van der Waals surface area contributed by atoms with Crippen LogP contribution < -0.4 is 5.32 Å². The van der Waals surface area contributed by atoms with Crippen LogP contribution in [0, 0.1) is 17.0 Å². The number of nitrogens with zero attached hydrogens (tertiary/aromatic N) is 2. The molecule has 0 aliphatic rings. The third-order valence-corrected chi connectivity index (χ3v) is 6.88. The Hall–Kier alpha value is -2.78. The van der Waals surface area contributed by atoms with Crippen molar-refractivity contribution in [3.05, 3.63) is 69.3 Å². The molecule has 0 fully saturated rings. The van der Waals surface area contributed by atoms with Crippen LogP contribution in [0.5, 0.6) is 0 Å². The molecular weight excluding hydrogens is 394 g/mol. The number of nitro groups is 1. The Kier molecular flexibility index (Phi) is 7.10. The lowest BCUT2D eigenvalue weighted by Crippen LogP contribution is -2.30. The first kappa shape index (κ1) is 22.5. The van der Waals surface area contributed by atoms with E-state index in [1.165, 1.54) is 41.6 Å². The quantitative estimate of drug-likeness (QED) is 0.521. The molecule has 0 radical (unpaired) electrons. The molecule has 0 aromatic heterocycles. The van der Waals surface area contributed by atoms with Gasteiger partial charge in [-0.1, -0.05) is 32.0 Å². The first-order valence-electron chi connectivity index (χ1n) is 9.28. The van der Waals surface area contributed by atoms with E-state index in [-0.39, 0.29) is 16.1 Å². The van der Waals surface area contributed by atoms with Gasteiger partial charge in [0.1, 0.15) is 0 Å². The summed E-state index contributed by atoms with van der Waals surface area (Å²) in [6.07, 6.45) is 0. The topological polar surface area (TPSA) is 110 Å². The maximum Gasteiger partial charge on any atom is 0.273 e. The Morgan fingerprint density at radius 1 is 1.14 bits per heavy atom. The lowest BCUT2D eigenvalue weighted by Gasteiger charge is -2.19. The SMILES string of the molecule is CCN(CC)S(=O)(=O)c1ccc(C(C)NC(=O)c2cccc([N+](=O)[O-])c2C)cc1. The van der Waals surface area contributed by atoms with E-state index in [4.69, 9.17) is 0 Å². The molecule has 29 heavy (non-hydrogen) atoms. The molecule has 2 aromatic rings. The van der Waals surface area contributed by atoms with Crippen LogP contribution in [-0.2, 0) is 10.0 Å². The van der Waals surface area contributed by atoms with Gasteiger partial charge < -0.3 is 5.32 Å². The van der Waals surface area contributed by atoms with Crippen molar-refractivity contribution in [1.82, 2.24) is 9.62 Å². The van der Waals surface area contributed by atoms with Crippen molar-refractivity contribution < 1.29 is 18.1 Å². The molecule has 0 saturated heterocycles. The van der Waals surface area contributed by atoms with Crippen LogP contribution in [-0.4, -0.2) is 36.6 Å². The van der Waals surface area contributed by atoms with Crippen LogP contribution in [0.15, 0.2) is 47.4 Å². The minimum Gasteiger partial charge on any atom is -0.346 e. The third kappa shape index (κ3) is 4.80. The van der Waals surface area contributed by atoms with E-state index in [0.717, 1.165) is 5.56 Å². The number of benzene rings is 2. The molecule has 1 N–H and O–H groups in total. The van der Waals surface area contributed by atoms with Gasteiger partial charge >= 0.3 is 0 Å². The molecule has 1 amide bonds. The normalized spacial score (nSPS) is 12.6. The summed E-state index contributed by atoms with van der Waals surface area (Å²) < 4.78 is 26.5. The molecule has 1 atom stereocenters. The molecule has 2 rings (SSSR count). The highest BCUT2D eigenvalue weighted by molar-refractivity contribution is 7.89. The molecule has 156 valence electrons. The molecule has 0 bridgehead atoms. The fraction of sp³-hybridized carbons (Fsp3) is 0.350. The van der Waals surface area contributed by atoms with E-state index >= 15 is 0 Å². The van der Waals surface area contributed by atoms with E-state index in [9.17, 15) is 23.3 Å². The largest absolute Gasteiger partial charge is 0.346 e.